The number of fused-ring (bicyclic) bond motifs is 2. The molecule has 2 aromatic carbocycles. The minimum Gasteiger partial charge on any atom is -0.660 e. The molecule has 0 radical (unpaired) electrons. The van der Waals surface area contributed by atoms with Crippen molar-refractivity contribution in [3.05, 3.63) is 83.7 Å². The third-order valence-electron chi connectivity index (χ3n) is 6.77. The number of aromatic nitrogens is 5. The van der Waals surface area contributed by atoms with E-state index in [1.54, 1.807) is 0 Å². The van der Waals surface area contributed by atoms with Crippen molar-refractivity contribution in [1.29, 1.82) is 0 Å². The van der Waals surface area contributed by atoms with Crippen LogP contribution in [-0.4, -0.2) is 62.0 Å². The van der Waals surface area contributed by atoms with Gasteiger partial charge in [-0.2, -0.15) is 10.2 Å². The Bertz CT molecular complexity index is 1450. The van der Waals surface area contributed by atoms with Gasteiger partial charge in [0.2, 0.25) is 0 Å². The number of rotatable bonds is 7. The van der Waals surface area contributed by atoms with Crippen LogP contribution in [0.4, 0.5) is 5.82 Å². The molecule has 1 fully saturated rings. The SMILES string of the molecule is Nc1ncnn2c(CCCN3CC[N-]CC3)cc(-c3ccc4cn(Cc5ccccc5)nc4c3)c12. The van der Waals surface area contributed by atoms with Crippen LogP contribution < -0.4 is 5.73 Å². The van der Waals surface area contributed by atoms with E-state index in [1.807, 2.05) is 15.3 Å². The average molecular weight is 466 g/mol. The zero-order valence-electron chi connectivity index (χ0n) is 19.7. The highest BCUT2D eigenvalue weighted by molar-refractivity contribution is 5.92. The van der Waals surface area contributed by atoms with Gasteiger partial charge in [-0.25, -0.2) is 9.50 Å². The second kappa shape index (κ2) is 9.48. The molecule has 0 atom stereocenters. The van der Waals surface area contributed by atoms with E-state index in [4.69, 9.17) is 10.8 Å². The van der Waals surface area contributed by atoms with E-state index in [9.17, 15) is 0 Å². The Hall–Kier alpha value is -3.75. The number of hydrogen-bond acceptors (Lipinski definition) is 5. The molecule has 0 bridgehead atoms. The molecule has 2 N–H and O–H groups in total. The summed E-state index contributed by atoms with van der Waals surface area (Å²) in [7, 11) is 0. The van der Waals surface area contributed by atoms with Crippen molar-refractivity contribution >= 4 is 22.2 Å². The largest absolute Gasteiger partial charge is 0.660 e. The van der Waals surface area contributed by atoms with Gasteiger partial charge in [-0.3, -0.25) is 4.68 Å². The quantitative estimate of drug-likeness (QED) is 0.392. The minimum atomic E-state index is 0.494. The Morgan fingerprint density at radius 1 is 1.00 bits per heavy atom. The van der Waals surface area contributed by atoms with Crippen LogP contribution in [0, 0.1) is 0 Å². The van der Waals surface area contributed by atoms with Crippen LogP contribution >= 0.6 is 0 Å². The first-order valence-corrected chi connectivity index (χ1v) is 12.2. The molecular weight excluding hydrogens is 436 g/mol. The number of piperazine rings is 1. The standard InChI is InChI=1S/C27H29N8/c28-27-26-24(16-23(35(26)31-19-30-27)7-4-12-33-13-10-29-11-14-33)21-8-9-22-18-34(32-25(22)15-21)17-20-5-2-1-3-6-20/h1-3,5-6,8-9,15-16,18-19H,4,7,10-14,17H2,(H2,28,30,31)/q-1. The van der Waals surface area contributed by atoms with Crippen molar-refractivity contribution in [2.75, 3.05) is 38.5 Å². The van der Waals surface area contributed by atoms with Crippen molar-refractivity contribution in [2.45, 2.75) is 19.4 Å². The third-order valence-corrected chi connectivity index (χ3v) is 6.77. The van der Waals surface area contributed by atoms with Gasteiger partial charge in [-0.1, -0.05) is 42.5 Å². The van der Waals surface area contributed by atoms with Gasteiger partial charge in [0.25, 0.3) is 0 Å². The maximum atomic E-state index is 6.35. The van der Waals surface area contributed by atoms with Crippen LogP contribution in [0.2, 0.25) is 0 Å². The van der Waals surface area contributed by atoms with E-state index in [2.05, 4.69) is 75.0 Å². The first-order chi connectivity index (χ1) is 17.2. The van der Waals surface area contributed by atoms with E-state index in [-0.39, 0.29) is 0 Å². The van der Waals surface area contributed by atoms with Gasteiger partial charge in [0.05, 0.1) is 12.1 Å². The van der Waals surface area contributed by atoms with Crippen molar-refractivity contribution in [3.8, 4) is 11.1 Å². The number of hydrogen-bond donors (Lipinski definition) is 1. The van der Waals surface area contributed by atoms with Gasteiger partial charge in [0.1, 0.15) is 11.8 Å². The van der Waals surface area contributed by atoms with Crippen LogP contribution in [0.5, 0.6) is 0 Å². The van der Waals surface area contributed by atoms with Gasteiger partial charge < -0.3 is 16.0 Å². The summed E-state index contributed by atoms with van der Waals surface area (Å²) >= 11 is 0. The zero-order chi connectivity index (χ0) is 23.6. The molecule has 3 aromatic heterocycles. The lowest BCUT2D eigenvalue weighted by molar-refractivity contribution is 0.275. The molecule has 1 saturated heterocycles. The number of aryl methyl sites for hydroxylation is 1. The molecule has 0 saturated carbocycles. The van der Waals surface area contributed by atoms with Crippen molar-refractivity contribution in [3.63, 3.8) is 0 Å². The smallest absolute Gasteiger partial charge is 0.151 e. The molecule has 178 valence electrons. The van der Waals surface area contributed by atoms with Crippen LogP contribution in [0.1, 0.15) is 17.7 Å². The maximum Gasteiger partial charge on any atom is 0.151 e. The van der Waals surface area contributed by atoms with Crippen LogP contribution in [0.3, 0.4) is 0 Å². The fourth-order valence-electron chi connectivity index (χ4n) is 4.97. The van der Waals surface area contributed by atoms with E-state index >= 15 is 0 Å². The van der Waals surface area contributed by atoms with Crippen LogP contribution in [-0.2, 0) is 13.0 Å². The van der Waals surface area contributed by atoms with E-state index in [0.29, 0.717) is 5.82 Å². The Morgan fingerprint density at radius 3 is 2.71 bits per heavy atom. The van der Waals surface area contributed by atoms with Crippen LogP contribution in [0.25, 0.3) is 32.9 Å². The fraction of sp³-hybridized carbons (Fsp3) is 0.296. The highest BCUT2D eigenvalue weighted by Gasteiger charge is 2.16. The number of benzene rings is 2. The average Bonchev–Trinajstić information content (AvgIpc) is 3.46. The lowest BCUT2D eigenvalue weighted by Gasteiger charge is -2.35. The molecule has 0 amide bonds. The Labute approximate surface area is 204 Å². The van der Waals surface area contributed by atoms with Gasteiger partial charge in [0.15, 0.2) is 5.82 Å². The molecule has 1 aliphatic rings. The summed E-state index contributed by atoms with van der Waals surface area (Å²) in [6.07, 6.45) is 5.63. The predicted molar refractivity (Wildman–Crippen MR) is 140 cm³/mol. The second-order valence-electron chi connectivity index (χ2n) is 9.16. The Kier molecular flexibility index (Phi) is 5.89. The van der Waals surface area contributed by atoms with Gasteiger partial charge >= 0.3 is 0 Å². The summed E-state index contributed by atoms with van der Waals surface area (Å²) in [6, 6.07) is 19.0. The summed E-state index contributed by atoms with van der Waals surface area (Å²) in [6.45, 7) is 5.84. The highest BCUT2D eigenvalue weighted by Crippen LogP contribution is 2.32. The first-order valence-electron chi connectivity index (χ1n) is 12.2. The molecule has 8 heteroatoms. The topological polar surface area (TPSA) is 91.4 Å². The molecule has 6 rings (SSSR count). The zero-order valence-corrected chi connectivity index (χ0v) is 19.7. The summed E-state index contributed by atoms with van der Waals surface area (Å²) in [4.78, 5) is 6.77. The van der Waals surface area contributed by atoms with E-state index in [0.717, 1.165) is 85.4 Å². The molecule has 0 spiro atoms. The number of anilines is 1. The number of nitrogens with two attached hydrogens (primary N) is 1. The molecule has 0 unspecified atom stereocenters. The second-order valence-corrected chi connectivity index (χ2v) is 9.16. The van der Waals surface area contributed by atoms with Crippen molar-refractivity contribution < 1.29 is 0 Å². The fourth-order valence-corrected chi connectivity index (χ4v) is 4.97. The third kappa shape index (κ3) is 4.50. The van der Waals surface area contributed by atoms with Gasteiger partial charge in [0, 0.05) is 22.8 Å². The Morgan fingerprint density at radius 2 is 1.86 bits per heavy atom. The van der Waals surface area contributed by atoms with Crippen molar-refractivity contribution in [2.24, 2.45) is 0 Å². The van der Waals surface area contributed by atoms with Gasteiger partial charge in [-0.15, -0.1) is 13.1 Å². The first kappa shape index (κ1) is 21.8. The minimum absolute atomic E-state index is 0.494. The molecule has 8 nitrogen and oxygen atoms in total. The molecule has 1 aliphatic heterocycles. The van der Waals surface area contributed by atoms with E-state index < -0.39 is 0 Å². The van der Waals surface area contributed by atoms with Gasteiger partial charge in [-0.05, 0) is 55.7 Å². The van der Waals surface area contributed by atoms with Crippen molar-refractivity contribution in [1.82, 2.24) is 29.3 Å². The molecule has 4 heterocycles. The molecule has 35 heavy (non-hydrogen) atoms. The molecule has 0 aliphatic carbocycles. The summed E-state index contributed by atoms with van der Waals surface area (Å²) in [5, 5.41) is 14.9. The summed E-state index contributed by atoms with van der Waals surface area (Å²) in [5.41, 5.74) is 12.7. The highest BCUT2D eigenvalue weighted by atomic mass is 15.3. The van der Waals surface area contributed by atoms with E-state index in [1.165, 1.54) is 11.9 Å². The predicted octanol–water partition coefficient (Wildman–Crippen LogP) is 4.00. The lowest BCUT2D eigenvalue weighted by atomic mass is 10.0. The Balaban J connectivity index is 1.29. The number of nitrogen functional groups attached to an aromatic ring is 1. The summed E-state index contributed by atoms with van der Waals surface area (Å²) in [5.74, 6) is 0.494. The lowest BCUT2D eigenvalue weighted by Crippen LogP contribution is -2.34. The normalized spacial score (nSPS) is 14.7. The van der Waals surface area contributed by atoms with Crippen LogP contribution in [0.15, 0.2) is 67.1 Å². The maximum absolute atomic E-state index is 6.35. The number of nitrogens with zero attached hydrogens (tertiary/aromatic N) is 7. The summed E-state index contributed by atoms with van der Waals surface area (Å²) < 4.78 is 3.96. The monoisotopic (exact) mass is 465 g/mol. The molecule has 5 aromatic rings. The molecular formula is C27H29N8-.